The molecular formula is C18H24N2O4. The summed E-state index contributed by atoms with van der Waals surface area (Å²) in [7, 11) is 1.51. The Bertz CT molecular complexity index is 606. The molecular weight excluding hydrogens is 308 g/mol. The summed E-state index contributed by atoms with van der Waals surface area (Å²) < 4.78 is 5.02. The molecule has 0 aromatic heterocycles. The van der Waals surface area contributed by atoms with Crippen LogP contribution in [0.25, 0.3) is 0 Å². The van der Waals surface area contributed by atoms with Crippen molar-refractivity contribution in [3.05, 3.63) is 35.4 Å². The molecule has 1 aliphatic carbocycles. The third kappa shape index (κ3) is 5.37. The quantitative estimate of drug-likeness (QED) is 0.771. The molecule has 1 aromatic rings. The summed E-state index contributed by atoms with van der Waals surface area (Å²) in [6.45, 7) is 3.73. The molecule has 0 heterocycles. The third-order valence-corrected chi connectivity index (χ3v) is 3.89. The molecule has 1 saturated carbocycles. The Labute approximate surface area is 142 Å². The number of amides is 2. The smallest absolute Gasteiger partial charge is 0.338 e. The number of esters is 1. The lowest BCUT2D eigenvalue weighted by molar-refractivity contribution is -0.137. The molecule has 0 radical (unpaired) electrons. The van der Waals surface area contributed by atoms with Crippen LogP contribution in [-0.2, 0) is 14.3 Å². The van der Waals surface area contributed by atoms with E-state index in [1.54, 1.807) is 12.1 Å². The highest BCUT2D eigenvalue weighted by Gasteiger charge is 2.24. The molecule has 130 valence electrons. The molecule has 1 N–H and O–H groups in total. The Morgan fingerprint density at radius 1 is 1.21 bits per heavy atom. The second kappa shape index (κ2) is 7.95. The molecule has 6 heteroatoms. The number of benzene rings is 1. The van der Waals surface area contributed by atoms with Gasteiger partial charge in [-0.2, -0.15) is 0 Å². The maximum atomic E-state index is 12.0. The van der Waals surface area contributed by atoms with Gasteiger partial charge in [0.15, 0.2) is 6.61 Å². The predicted octanol–water partition coefficient (Wildman–Crippen LogP) is 1.70. The van der Waals surface area contributed by atoms with Crippen LogP contribution in [-0.4, -0.2) is 48.9 Å². The highest BCUT2D eigenvalue weighted by Crippen LogP contribution is 2.18. The normalized spacial score (nSPS) is 13.5. The number of rotatable bonds is 7. The Balaban J connectivity index is 1.77. The van der Waals surface area contributed by atoms with Gasteiger partial charge in [-0.3, -0.25) is 9.59 Å². The van der Waals surface area contributed by atoms with Crippen molar-refractivity contribution in [2.45, 2.75) is 38.6 Å². The minimum Gasteiger partial charge on any atom is -0.452 e. The SMILES string of the molecule is CC(C)c1ccc(C(=O)OCC(=O)N(C)CC(=O)NC2CC2)cc1. The van der Waals surface area contributed by atoms with E-state index in [1.165, 1.54) is 11.9 Å². The number of likely N-dealkylation sites (N-methyl/N-ethyl adjacent to an activating group) is 1. The number of nitrogens with zero attached hydrogens (tertiary/aromatic N) is 1. The van der Waals surface area contributed by atoms with Crippen LogP contribution in [0.3, 0.4) is 0 Å². The van der Waals surface area contributed by atoms with Crippen molar-refractivity contribution in [1.29, 1.82) is 0 Å². The molecule has 1 aromatic carbocycles. The highest BCUT2D eigenvalue weighted by atomic mass is 16.5. The van der Waals surface area contributed by atoms with Gasteiger partial charge in [0.25, 0.3) is 5.91 Å². The minimum absolute atomic E-state index is 0.0318. The van der Waals surface area contributed by atoms with E-state index in [1.807, 2.05) is 12.1 Å². The van der Waals surface area contributed by atoms with Crippen molar-refractivity contribution in [2.75, 3.05) is 20.2 Å². The molecule has 0 bridgehead atoms. The molecule has 6 nitrogen and oxygen atoms in total. The first-order valence-corrected chi connectivity index (χ1v) is 8.17. The lowest BCUT2D eigenvalue weighted by Crippen LogP contribution is -2.40. The van der Waals surface area contributed by atoms with Crippen LogP contribution in [0.1, 0.15) is 48.5 Å². The Kier molecular flexibility index (Phi) is 5.95. The zero-order valence-corrected chi connectivity index (χ0v) is 14.4. The Morgan fingerprint density at radius 3 is 2.38 bits per heavy atom. The third-order valence-electron chi connectivity index (χ3n) is 3.89. The van der Waals surface area contributed by atoms with Crippen molar-refractivity contribution in [2.24, 2.45) is 0 Å². The predicted molar refractivity (Wildman–Crippen MR) is 89.6 cm³/mol. The summed E-state index contributed by atoms with van der Waals surface area (Å²) >= 11 is 0. The van der Waals surface area contributed by atoms with Gasteiger partial charge in [-0.05, 0) is 36.5 Å². The van der Waals surface area contributed by atoms with Crippen LogP contribution < -0.4 is 5.32 Å². The van der Waals surface area contributed by atoms with Crippen LogP contribution >= 0.6 is 0 Å². The summed E-state index contributed by atoms with van der Waals surface area (Å²) in [5, 5.41) is 2.80. The molecule has 2 rings (SSSR count). The number of carbonyl (C=O) groups excluding carboxylic acids is 3. The lowest BCUT2D eigenvalue weighted by atomic mass is 10.0. The van der Waals surface area contributed by atoms with Crippen LogP contribution in [0.2, 0.25) is 0 Å². The van der Waals surface area contributed by atoms with Gasteiger partial charge in [-0.15, -0.1) is 0 Å². The van der Waals surface area contributed by atoms with Crippen LogP contribution in [0, 0.1) is 0 Å². The fourth-order valence-corrected chi connectivity index (χ4v) is 2.13. The fourth-order valence-electron chi connectivity index (χ4n) is 2.13. The largest absolute Gasteiger partial charge is 0.452 e. The second-order valence-electron chi connectivity index (χ2n) is 6.44. The van der Waals surface area contributed by atoms with Crippen LogP contribution in [0.4, 0.5) is 0 Å². The average Bonchev–Trinajstić information content (AvgIpc) is 3.35. The molecule has 2 amide bonds. The van der Waals surface area contributed by atoms with E-state index in [0.717, 1.165) is 18.4 Å². The number of hydrogen-bond donors (Lipinski definition) is 1. The van der Waals surface area contributed by atoms with E-state index < -0.39 is 11.9 Å². The van der Waals surface area contributed by atoms with Crippen molar-refractivity contribution >= 4 is 17.8 Å². The Morgan fingerprint density at radius 2 is 1.83 bits per heavy atom. The van der Waals surface area contributed by atoms with Crippen molar-refractivity contribution in [1.82, 2.24) is 10.2 Å². The number of ether oxygens (including phenoxy) is 1. The maximum absolute atomic E-state index is 12.0. The zero-order chi connectivity index (χ0) is 17.7. The topological polar surface area (TPSA) is 75.7 Å². The summed E-state index contributed by atoms with van der Waals surface area (Å²) in [6, 6.07) is 7.38. The maximum Gasteiger partial charge on any atom is 0.338 e. The van der Waals surface area contributed by atoms with E-state index in [2.05, 4.69) is 19.2 Å². The summed E-state index contributed by atoms with van der Waals surface area (Å²) in [4.78, 5) is 36.8. The van der Waals surface area contributed by atoms with Crippen molar-refractivity contribution in [3.63, 3.8) is 0 Å². The van der Waals surface area contributed by atoms with Gasteiger partial charge in [-0.25, -0.2) is 4.79 Å². The standard InChI is InChI=1S/C18H24N2O4/c1-12(2)13-4-6-14(7-5-13)18(23)24-11-17(22)20(3)10-16(21)19-15-8-9-15/h4-7,12,15H,8-11H2,1-3H3,(H,19,21). The number of nitrogens with one attached hydrogen (secondary N) is 1. The molecule has 0 atom stereocenters. The minimum atomic E-state index is -0.547. The van der Waals surface area contributed by atoms with Crippen molar-refractivity contribution < 1.29 is 19.1 Å². The molecule has 0 unspecified atom stereocenters. The van der Waals surface area contributed by atoms with E-state index in [9.17, 15) is 14.4 Å². The van der Waals surface area contributed by atoms with Crippen molar-refractivity contribution in [3.8, 4) is 0 Å². The first-order chi connectivity index (χ1) is 11.4. The van der Waals surface area contributed by atoms with Gasteiger partial charge in [0.1, 0.15) is 0 Å². The lowest BCUT2D eigenvalue weighted by Gasteiger charge is -2.16. The molecule has 1 aliphatic rings. The van der Waals surface area contributed by atoms with Gasteiger partial charge >= 0.3 is 5.97 Å². The van der Waals surface area contributed by atoms with Gasteiger partial charge in [-0.1, -0.05) is 26.0 Å². The summed E-state index contributed by atoms with van der Waals surface area (Å²) in [5.41, 5.74) is 1.53. The van der Waals surface area contributed by atoms with E-state index in [4.69, 9.17) is 4.74 Å². The van der Waals surface area contributed by atoms with Crippen LogP contribution in [0.15, 0.2) is 24.3 Å². The second-order valence-corrected chi connectivity index (χ2v) is 6.44. The summed E-state index contributed by atoms with van der Waals surface area (Å²) in [6.07, 6.45) is 1.99. The molecule has 0 saturated heterocycles. The molecule has 0 aliphatic heterocycles. The highest BCUT2D eigenvalue weighted by molar-refractivity contribution is 5.92. The Hall–Kier alpha value is -2.37. The van der Waals surface area contributed by atoms with Gasteiger partial charge in [0.2, 0.25) is 5.91 Å². The van der Waals surface area contributed by atoms with Gasteiger partial charge in [0.05, 0.1) is 12.1 Å². The average molecular weight is 332 g/mol. The van der Waals surface area contributed by atoms with E-state index >= 15 is 0 Å². The number of hydrogen-bond acceptors (Lipinski definition) is 4. The van der Waals surface area contributed by atoms with Gasteiger partial charge in [0, 0.05) is 13.1 Å². The first-order valence-electron chi connectivity index (χ1n) is 8.17. The fraction of sp³-hybridized carbons (Fsp3) is 0.500. The molecule has 0 spiro atoms. The monoisotopic (exact) mass is 332 g/mol. The van der Waals surface area contributed by atoms with E-state index in [0.29, 0.717) is 11.5 Å². The van der Waals surface area contributed by atoms with E-state index in [-0.39, 0.29) is 25.1 Å². The molecule has 24 heavy (non-hydrogen) atoms. The molecule has 1 fully saturated rings. The summed E-state index contributed by atoms with van der Waals surface area (Å²) in [5.74, 6) is -0.765. The van der Waals surface area contributed by atoms with Gasteiger partial charge < -0.3 is 15.0 Å². The number of carbonyl (C=O) groups is 3. The van der Waals surface area contributed by atoms with Crippen LogP contribution in [0.5, 0.6) is 0 Å². The zero-order valence-electron chi connectivity index (χ0n) is 14.4. The first kappa shape index (κ1) is 18.0.